The summed E-state index contributed by atoms with van der Waals surface area (Å²) in [5, 5.41) is 5.85. The van der Waals surface area contributed by atoms with Crippen LogP contribution in [0, 0.1) is 19.7 Å². The van der Waals surface area contributed by atoms with E-state index in [0.29, 0.717) is 11.5 Å². The number of carbonyl (C=O) groups excluding carboxylic acids is 1. The summed E-state index contributed by atoms with van der Waals surface area (Å²) in [7, 11) is 0. The molecule has 0 aliphatic rings. The van der Waals surface area contributed by atoms with Crippen molar-refractivity contribution in [2.24, 2.45) is 0 Å². The number of anilines is 3. The largest absolute Gasteiger partial charge is 0.340 e. The summed E-state index contributed by atoms with van der Waals surface area (Å²) in [4.78, 5) is 16.4. The Balaban J connectivity index is 1.69. The highest BCUT2D eigenvalue weighted by atomic mass is 19.1. The average Bonchev–Trinajstić information content (AvgIpc) is 2.60. The molecule has 0 fully saturated rings. The number of hydrogen-bond acceptors (Lipinski definition) is 3. The normalized spacial score (nSPS) is 10.4. The molecule has 0 spiro atoms. The molecule has 1 aromatic heterocycles. The van der Waals surface area contributed by atoms with Gasteiger partial charge in [-0.25, -0.2) is 9.37 Å². The Kier molecular flexibility index (Phi) is 4.75. The molecule has 5 heteroatoms. The van der Waals surface area contributed by atoms with Gasteiger partial charge in [0.05, 0.1) is 17.4 Å². The van der Waals surface area contributed by atoms with Gasteiger partial charge in [0.25, 0.3) is 5.91 Å². The molecule has 0 atom stereocenters. The Hall–Kier alpha value is -3.21. The summed E-state index contributed by atoms with van der Waals surface area (Å²) in [6.07, 6.45) is 1.53. The molecule has 2 N–H and O–H groups in total. The van der Waals surface area contributed by atoms with Crippen molar-refractivity contribution in [3.05, 3.63) is 83.3 Å². The van der Waals surface area contributed by atoms with Gasteiger partial charge >= 0.3 is 0 Å². The highest BCUT2D eigenvalue weighted by Crippen LogP contribution is 2.19. The Labute approximate surface area is 145 Å². The fourth-order valence-corrected chi connectivity index (χ4v) is 2.35. The van der Waals surface area contributed by atoms with E-state index in [-0.39, 0.29) is 5.56 Å². The summed E-state index contributed by atoms with van der Waals surface area (Å²) in [6, 6.07) is 15.4. The number of pyridine rings is 1. The lowest BCUT2D eigenvalue weighted by Crippen LogP contribution is -2.13. The molecule has 0 saturated heterocycles. The summed E-state index contributed by atoms with van der Waals surface area (Å²) in [5.74, 6) is -0.400. The number of nitrogens with one attached hydrogen (secondary N) is 2. The molecule has 126 valence electrons. The maximum absolute atomic E-state index is 13.6. The maximum atomic E-state index is 13.6. The molecular weight excluding hydrogens is 317 g/mol. The molecule has 4 nitrogen and oxygen atoms in total. The number of benzene rings is 2. The Morgan fingerprint density at radius 2 is 1.72 bits per heavy atom. The van der Waals surface area contributed by atoms with E-state index in [4.69, 9.17) is 0 Å². The van der Waals surface area contributed by atoms with Crippen molar-refractivity contribution in [1.29, 1.82) is 0 Å². The zero-order chi connectivity index (χ0) is 17.8. The van der Waals surface area contributed by atoms with E-state index in [2.05, 4.69) is 29.5 Å². The van der Waals surface area contributed by atoms with Crippen LogP contribution in [-0.2, 0) is 0 Å². The number of amides is 1. The van der Waals surface area contributed by atoms with Crippen LogP contribution in [0.25, 0.3) is 0 Å². The van der Waals surface area contributed by atoms with E-state index in [9.17, 15) is 9.18 Å². The van der Waals surface area contributed by atoms with Crippen LogP contribution >= 0.6 is 0 Å². The molecule has 3 rings (SSSR count). The second-order valence-corrected chi connectivity index (χ2v) is 5.79. The van der Waals surface area contributed by atoms with Gasteiger partial charge in [-0.1, -0.05) is 18.2 Å². The first kappa shape index (κ1) is 16.6. The molecule has 0 saturated carbocycles. The number of halogens is 1. The molecule has 0 bridgehead atoms. The highest BCUT2D eigenvalue weighted by Gasteiger charge is 2.11. The van der Waals surface area contributed by atoms with Gasteiger partial charge in [0.2, 0.25) is 0 Å². The Bertz CT molecular complexity index is 907. The zero-order valence-electron chi connectivity index (χ0n) is 14.0. The van der Waals surface area contributed by atoms with Crippen LogP contribution in [0.4, 0.5) is 21.6 Å². The smallest absolute Gasteiger partial charge is 0.258 e. The first-order valence-corrected chi connectivity index (χ1v) is 7.89. The quantitative estimate of drug-likeness (QED) is 0.718. The summed E-state index contributed by atoms with van der Waals surface area (Å²) >= 11 is 0. The van der Waals surface area contributed by atoms with Crippen LogP contribution in [0.3, 0.4) is 0 Å². The summed E-state index contributed by atoms with van der Waals surface area (Å²) < 4.78 is 13.6. The van der Waals surface area contributed by atoms with Crippen LogP contribution < -0.4 is 10.6 Å². The number of aryl methyl sites for hydroxylation is 2. The van der Waals surface area contributed by atoms with Gasteiger partial charge in [-0.15, -0.1) is 0 Å². The third-order valence-corrected chi connectivity index (χ3v) is 3.92. The molecular formula is C20H18FN3O. The van der Waals surface area contributed by atoms with Gasteiger partial charge in [-0.2, -0.15) is 0 Å². The van der Waals surface area contributed by atoms with E-state index < -0.39 is 11.7 Å². The monoisotopic (exact) mass is 335 g/mol. The third-order valence-electron chi connectivity index (χ3n) is 3.92. The van der Waals surface area contributed by atoms with Crippen LogP contribution in [0.5, 0.6) is 0 Å². The Morgan fingerprint density at radius 3 is 2.40 bits per heavy atom. The number of hydrogen-bond donors (Lipinski definition) is 2. The lowest BCUT2D eigenvalue weighted by molar-refractivity contribution is 0.102. The number of rotatable bonds is 4. The van der Waals surface area contributed by atoms with E-state index in [1.807, 2.05) is 18.2 Å². The van der Waals surface area contributed by atoms with Gasteiger partial charge in [0.1, 0.15) is 11.6 Å². The average molecular weight is 335 g/mol. The SMILES string of the molecule is Cc1ccc(Nc2ccc(NC(=O)c3ccccc3F)cn2)cc1C. The first-order valence-electron chi connectivity index (χ1n) is 7.89. The van der Waals surface area contributed by atoms with Crippen molar-refractivity contribution < 1.29 is 9.18 Å². The highest BCUT2D eigenvalue weighted by molar-refractivity contribution is 6.04. The van der Waals surface area contributed by atoms with E-state index in [1.165, 1.54) is 29.5 Å². The molecule has 3 aromatic rings. The first-order chi connectivity index (χ1) is 12.0. The minimum Gasteiger partial charge on any atom is -0.340 e. The van der Waals surface area contributed by atoms with Gasteiger partial charge in [0.15, 0.2) is 0 Å². The maximum Gasteiger partial charge on any atom is 0.258 e. The molecule has 2 aromatic carbocycles. The zero-order valence-corrected chi connectivity index (χ0v) is 14.0. The van der Waals surface area contributed by atoms with Crippen LogP contribution in [0.1, 0.15) is 21.5 Å². The van der Waals surface area contributed by atoms with Crippen molar-refractivity contribution >= 4 is 23.1 Å². The van der Waals surface area contributed by atoms with Crippen molar-refractivity contribution in [1.82, 2.24) is 4.98 Å². The predicted molar refractivity (Wildman–Crippen MR) is 97.8 cm³/mol. The molecule has 0 unspecified atom stereocenters. The molecule has 25 heavy (non-hydrogen) atoms. The fourth-order valence-electron chi connectivity index (χ4n) is 2.35. The predicted octanol–water partition coefficient (Wildman–Crippen LogP) is 4.83. The van der Waals surface area contributed by atoms with Crippen molar-refractivity contribution in [2.75, 3.05) is 10.6 Å². The standard InChI is InChI=1S/C20H18FN3O/c1-13-7-8-15(11-14(13)2)23-19-10-9-16(12-22-19)24-20(25)17-5-3-4-6-18(17)21/h3-12H,1-2H3,(H,22,23)(H,24,25). The topological polar surface area (TPSA) is 54.0 Å². The number of aromatic nitrogens is 1. The van der Waals surface area contributed by atoms with Crippen LogP contribution in [0.15, 0.2) is 60.8 Å². The minimum atomic E-state index is -0.555. The van der Waals surface area contributed by atoms with Gasteiger partial charge in [0, 0.05) is 5.69 Å². The lowest BCUT2D eigenvalue weighted by Gasteiger charge is -2.09. The summed E-state index contributed by atoms with van der Waals surface area (Å²) in [6.45, 7) is 4.11. The van der Waals surface area contributed by atoms with Crippen molar-refractivity contribution in [3.8, 4) is 0 Å². The molecule has 0 aliphatic carbocycles. The Morgan fingerprint density at radius 1 is 0.960 bits per heavy atom. The molecule has 0 radical (unpaired) electrons. The second kappa shape index (κ2) is 7.13. The molecule has 1 heterocycles. The van der Waals surface area contributed by atoms with Gasteiger partial charge < -0.3 is 10.6 Å². The van der Waals surface area contributed by atoms with E-state index in [0.717, 1.165) is 5.69 Å². The number of nitrogens with zero attached hydrogens (tertiary/aromatic N) is 1. The second-order valence-electron chi connectivity index (χ2n) is 5.79. The molecule has 0 aliphatic heterocycles. The molecule has 1 amide bonds. The fraction of sp³-hybridized carbons (Fsp3) is 0.100. The van der Waals surface area contributed by atoms with E-state index >= 15 is 0 Å². The lowest BCUT2D eigenvalue weighted by atomic mass is 10.1. The third kappa shape index (κ3) is 4.01. The van der Waals surface area contributed by atoms with Crippen LogP contribution in [-0.4, -0.2) is 10.9 Å². The minimum absolute atomic E-state index is 0.000155. The van der Waals surface area contributed by atoms with E-state index in [1.54, 1.807) is 24.3 Å². The van der Waals surface area contributed by atoms with Crippen LogP contribution in [0.2, 0.25) is 0 Å². The summed E-state index contributed by atoms with van der Waals surface area (Å²) in [5.41, 5.74) is 3.86. The van der Waals surface area contributed by atoms with Gasteiger partial charge in [-0.3, -0.25) is 4.79 Å². The van der Waals surface area contributed by atoms with Gasteiger partial charge in [-0.05, 0) is 61.4 Å². The van der Waals surface area contributed by atoms with Crippen molar-refractivity contribution in [3.63, 3.8) is 0 Å². The number of carbonyl (C=O) groups is 1. The van der Waals surface area contributed by atoms with Crippen molar-refractivity contribution in [2.45, 2.75) is 13.8 Å².